The summed E-state index contributed by atoms with van der Waals surface area (Å²) in [6.07, 6.45) is 1.36. The molecule has 0 saturated carbocycles. The molecular formula is C28H29BrN4O6. The van der Waals surface area contributed by atoms with Crippen LogP contribution in [0.1, 0.15) is 25.0 Å². The molecule has 0 fully saturated rings. The number of halogens is 1. The van der Waals surface area contributed by atoms with Gasteiger partial charge in [-0.2, -0.15) is 5.10 Å². The number of amides is 3. The van der Waals surface area contributed by atoms with Crippen LogP contribution < -0.4 is 30.3 Å². The van der Waals surface area contributed by atoms with Crippen LogP contribution in [0, 0.1) is 6.92 Å². The molecule has 3 rings (SSSR count). The van der Waals surface area contributed by atoms with Gasteiger partial charge in [-0.1, -0.05) is 28.1 Å². The molecule has 11 heteroatoms. The Hall–Kier alpha value is -4.38. The van der Waals surface area contributed by atoms with E-state index in [9.17, 15) is 14.4 Å². The van der Waals surface area contributed by atoms with Gasteiger partial charge in [-0.25, -0.2) is 5.43 Å². The average Bonchev–Trinajstić information content (AvgIpc) is 2.91. The standard InChI is InChI=1S/C28H29BrN4O6/c1-4-37-23-9-7-6-8-22(23)32-27(35)28(36)33-30-16-19-10-13-24(25(15-19)38-5-2)39-17-26(34)31-21-12-11-20(29)14-18(21)3/h6-16H,4-5,17H2,1-3H3,(H,31,34)(H,32,35)(H,33,36)/b30-16-. The number of rotatable bonds is 11. The van der Waals surface area contributed by atoms with Gasteiger partial charge in [0.05, 0.1) is 25.1 Å². The highest BCUT2D eigenvalue weighted by Crippen LogP contribution is 2.28. The summed E-state index contributed by atoms with van der Waals surface area (Å²) in [5, 5.41) is 9.16. The number of nitrogens with zero attached hydrogens (tertiary/aromatic N) is 1. The number of anilines is 2. The highest BCUT2D eigenvalue weighted by Gasteiger charge is 2.15. The van der Waals surface area contributed by atoms with E-state index in [4.69, 9.17) is 14.2 Å². The van der Waals surface area contributed by atoms with E-state index in [0.717, 1.165) is 10.0 Å². The van der Waals surface area contributed by atoms with E-state index in [2.05, 4.69) is 37.1 Å². The summed E-state index contributed by atoms with van der Waals surface area (Å²) >= 11 is 3.40. The Kier molecular flexibility index (Phi) is 10.9. The highest BCUT2D eigenvalue weighted by molar-refractivity contribution is 9.10. The maximum Gasteiger partial charge on any atom is 0.329 e. The van der Waals surface area contributed by atoms with Crippen molar-refractivity contribution in [2.75, 3.05) is 30.5 Å². The molecule has 0 aliphatic heterocycles. The van der Waals surface area contributed by atoms with Crippen LogP contribution in [0.3, 0.4) is 0 Å². The molecule has 0 unspecified atom stereocenters. The molecule has 0 heterocycles. The van der Waals surface area contributed by atoms with Crippen molar-refractivity contribution in [2.45, 2.75) is 20.8 Å². The van der Waals surface area contributed by atoms with Crippen molar-refractivity contribution >= 4 is 51.2 Å². The third kappa shape index (κ3) is 8.85. The largest absolute Gasteiger partial charge is 0.492 e. The molecule has 0 radical (unpaired) electrons. The Morgan fingerprint density at radius 3 is 2.31 bits per heavy atom. The number of carbonyl (C=O) groups is 3. The van der Waals surface area contributed by atoms with Crippen LogP contribution in [0.4, 0.5) is 11.4 Å². The minimum absolute atomic E-state index is 0.222. The summed E-state index contributed by atoms with van der Waals surface area (Å²) in [6.45, 7) is 6.08. The molecule has 0 atom stereocenters. The zero-order chi connectivity index (χ0) is 28.2. The van der Waals surface area contributed by atoms with Gasteiger partial charge in [-0.3, -0.25) is 14.4 Å². The number of carbonyl (C=O) groups excluding carboxylic acids is 3. The molecular weight excluding hydrogens is 568 g/mol. The van der Waals surface area contributed by atoms with Crippen molar-refractivity contribution in [3.63, 3.8) is 0 Å². The van der Waals surface area contributed by atoms with Gasteiger partial charge >= 0.3 is 11.8 Å². The fourth-order valence-electron chi connectivity index (χ4n) is 3.34. The summed E-state index contributed by atoms with van der Waals surface area (Å²) in [5.41, 5.74) is 4.74. The second kappa shape index (κ2) is 14.5. The monoisotopic (exact) mass is 596 g/mol. The van der Waals surface area contributed by atoms with Crippen molar-refractivity contribution in [3.05, 3.63) is 76.3 Å². The zero-order valence-corrected chi connectivity index (χ0v) is 23.3. The third-order valence-corrected chi connectivity index (χ3v) is 5.60. The molecule has 39 heavy (non-hydrogen) atoms. The smallest absolute Gasteiger partial charge is 0.329 e. The lowest BCUT2D eigenvalue weighted by Crippen LogP contribution is -2.32. The van der Waals surface area contributed by atoms with E-state index in [1.54, 1.807) is 48.5 Å². The molecule has 0 aromatic heterocycles. The van der Waals surface area contributed by atoms with E-state index in [1.165, 1.54) is 6.21 Å². The van der Waals surface area contributed by atoms with Crippen LogP contribution >= 0.6 is 15.9 Å². The predicted molar refractivity (Wildman–Crippen MR) is 153 cm³/mol. The average molecular weight is 597 g/mol. The lowest BCUT2D eigenvalue weighted by Gasteiger charge is -2.13. The van der Waals surface area contributed by atoms with Crippen LogP contribution in [-0.2, 0) is 14.4 Å². The lowest BCUT2D eigenvalue weighted by molar-refractivity contribution is -0.136. The molecule has 3 aromatic rings. The molecule has 3 aromatic carbocycles. The summed E-state index contributed by atoms with van der Waals surface area (Å²) in [6, 6.07) is 17.3. The van der Waals surface area contributed by atoms with Crippen molar-refractivity contribution in [1.29, 1.82) is 0 Å². The van der Waals surface area contributed by atoms with E-state index < -0.39 is 11.8 Å². The second-order valence-corrected chi connectivity index (χ2v) is 8.93. The van der Waals surface area contributed by atoms with Gasteiger partial charge in [0.1, 0.15) is 5.75 Å². The zero-order valence-electron chi connectivity index (χ0n) is 21.7. The van der Waals surface area contributed by atoms with Crippen molar-refractivity contribution in [2.24, 2.45) is 5.10 Å². The van der Waals surface area contributed by atoms with Crippen LogP contribution in [0.5, 0.6) is 17.2 Å². The van der Waals surface area contributed by atoms with Crippen molar-refractivity contribution in [3.8, 4) is 17.2 Å². The molecule has 0 aliphatic rings. The van der Waals surface area contributed by atoms with E-state index >= 15 is 0 Å². The Morgan fingerprint density at radius 2 is 1.56 bits per heavy atom. The number of benzene rings is 3. The van der Waals surface area contributed by atoms with Gasteiger partial charge in [0.15, 0.2) is 18.1 Å². The van der Waals surface area contributed by atoms with Crippen LogP contribution in [0.15, 0.2) is 70.2 Å². The molecule has 0 bridgehead atoms. The van der Waals surface area contributed by atoms with Gasteiger partial charge in [0.25, 0.3) is 5.91 Å². The van der Waals surface area contributed by atoms with Crippen molar-refractivity contribution < 1.29 is 28.6 Å². The molecule has 0 aliphatic carbocycles. The summed E-state index contributed by atoms with van der Waals surface area (Å²) in [4.78, 5) is 36.8. The molecule has 204 valence electrons. The van der Waals surface area contributed by atoms with E-state index in [0.29, 0.717) is 47.4 Å². The SMILES string of the molecule is CCOc1ccccc1NC(=O)C(=O)N/N=C\c1ccc(OCC(=O)Nc2ccc(Br)cc2C)c(OCC)c1. The molecule has 3 N–H and O–H groups in total. The highest BCUT2D eigenvalue weighted by atomic mass is 79.9. The van der Waals surface area contributed by atoms with Crippen LogP contribution in [0.2, 0.25) is 0 Å². The minimum Gasteiger partial charge on any atom is -0.492 e. The Bertz CT molecular complexity index is 1360. The van der Waals surface area contributed by atoms with Gasteiger partial charge in [-0.15, -0.1) is 0 Å². The number of nitrogens with one attached hydrogen (secondary N) is 3. The second-order valence-electron chi connectivity index (χ2n) is 8.02. The topological polar surface area (TPSA) is 127 Å². The number of hydrogen-bond donors (Lipinski definition) is 3. The minimum atomic E-state index is -0.949. The molecule has 3 amide bonds. The lowest BCUT2D eigenvalue weighted by atomic mass is 10.2. The predicted octanol–water partition coefficient (Wildman–Crippen LogP) is 4.66. The number of para-hydroxylation sites is 2. The molecule has 0 saturated heterocycles. The third-order valence-electron chi connectivity index (χ3n) is 5.11. The van der Waals surface area contributed by atoms with E-state index in [1.807, 2.05) is 32.9 Å². The van der Waals surface area contributed by atoms with Gasteiger partial charge in [0.2, 0.25) is 0 Å². The van der Waals surface area contributed by atoms with Gasteiger partial charge in [0, 0.05) is 10.2 Å². The van der Waals surface area contributed by atoms with Crippen LogP contribution in [0.25, 0.3) is 0 Å². The van der Waals surface area contributed by atoms with Crippen molar-refractivity contribution in [1.82, 2.24) is 5.43 Å². The molecule has 0 spiro atoms. The molecule has 10 nitrogen and oxygen atoms in total. The number of aryl methyl sites for hydroxylation is 1. The Balaban J connectivity index is 1.57. The first-order valence-corrected chi connectivity index (χ1v) is 12.9. The first-order valence-electron chi connectivity index (χ1n) is 12.1. The Morgan fingerprint density at radius 1 is 0.821 bits per heavy atom. The first-order chi connectivity index (χ1) is 18.8. The fraction of sp³-hybridized carbons (Fsp3) is 0.214. The number of ether oxygens (including phenoxy) is 3. The number of hydrazone groups is 1. The van der Waals surface area contributed by atoms with Gasteiger partial charge < -0.3 is 24.8 Å². The van der Waals surface area contributed by atoms with E-state index in [-0.39, 0.29) is 12.5 Å². The maximum atomic E-state index is 12.4. The number of hydrogen-bond acceptors (Lipinski definition) is 7. The normalized spacial score (nSPS) is 10.6. The fourth-order valence-corrected chi connectivity index (χ4v) is 3.81. The maximum absolute atomic E-state index is 12.4. The first kappa shape index (κ1) is 29.2. The van der Waals surface area contributed by atoms with Crippen LogP contribution in [-0.4, -0.2) is 43.8 Å². The Labute approximate surface area is 234 Å². The summed E-state index contributed by atoms with van der Waals surface area (Å²) in [7, 11) is 0. The summed E-state index contributed by atoms with van der Waals surface area (Å²) < 4.78 is 17.7. The summed E-state index contributed by atoms with van der Waals surface area (Å²) in [5.74, 6) is -0.947. The van der Waals surface area contributed by atoms with Gasteiger partial charge in [-0.05, 0) is 80.4 Å². The quantitative estimate of drug-likeness (QED) is 0.168.